The lowest BCUT2D eigenvalue weighted by Crippen LogP contribution is -2.26. The van der Waals surface area contributed by atoms with Crippen LogP contribution in [0.3, 0.4) is 0 Å². The quantitative estimate of drug-likeness (QED) is 0.324. The van der Waals surface area contributed by atoms with Crippen LogP contribution in [-0.4, -0.2) is 0 Å². The van der Waals surface area contributed by atoms with Crippen molar-refractivity contribution in [3.63, 3.8) is 0 Å². The Morgan fingerprint density at radius 3 is 1.92 bits per heavy atom. The van der Waals surface area contributed by atoms with Crippen LogP contribution in [0.1, 0.15) is 108 Å². The Labute approximate surface area is 216 Å². The van der Waals surface area contributed by atoms with Crippen LogP contribution in [0.25, 0.3) is 17.2 Å². The third kappa shape index (κ3) is 6.64. The van der Waals surface area contributed by atoms with Gasteiger partial charge in [-0.05, 0) is 85.8 Å². The molecule has 2 aliphatic carbocycles. The lowest BCUT2D eigenvalue weighted by atomic mass is 9.68. The van der Waals surface area contributed by atoms with Gasteiger partial charge in [-0.1, -0.05) is 94.0 Å². The van der Waals surface area contributed by atoms with E-state index in [-0.39, 0.29) is 11.1 Å². The zero-order chi connectivity index (χ0) is 25.5. The van der Waals surface area contributed by atoms with E-state index in [0.29, 0.717) is 5.56 Å². The van der Waals surface area contributed by atoms with Gasteiger partial charge in [-0.25, -0.2) is 13.2 Å². The van der Waals surface area contributed by atoms with Crippen molar-refractivity contribution < 1.29 is 13.2 Å². The van der Waals surface area contributed by atoms with Gasteiger partial charge < -0.3 is 0 Å². The van der Waals surface area contributed by atoms with Crippen LogP contribution >= 0.6 is 0 Å². The van der Waals surface area contributed by atoms with Gasteiger partial charge in [-0.2, -0.15) is 0 Å². The van der Waals surface area contributed by atoms with Gasteiger partial charge in [0.1, 0.15) is 5.82 Å². The summed E-state index contributed by atoms with van der Waals surface area (Å²) >= 11 is 0. The van der Waals surface area contributed by atoms with E-state index in [1.165, 1.54) is 82.3 Å². The molecule has 0 nitrogen and oxygen atoms in total. The van der Waals surface area contributed by atoms with Gasteiger partial charge in [0.05, 0.1) is 5.56 Å². The molecule has 0 heterocycles. The summed E-state index contributed by atoms with van der Waals surface area (Å²) in [5.41, 5.74) is 1.87. The fourth-order valence-corrected chi connectivity index (χ4v) is 6.90. The summed E-state index contributed by atoms with van der Waals surface area (Å²) in [5, 5.41) is 0. The Balaban J connectivity index is 1.28. The summed E-state index contributed by atoms with van der Waals surface area (Å²) in [6, 6.07) is 11.0. The molecule has 2 aromatic carbocycles. The Morgan fingerprint density at radius 2 is 1.39 bits per heavy atom. The summed E-state index contributed by atoms with van der Waals surface area (Å²) in [5.74, 6) is 2.92. The Hall–Kier alpha value is -2.03. The minimum Gasteiger partial charge on any atom is -0.206 e. The number of benzene rings is 2. The molecule has 0 spiro atoms. The van der Waals surface area contributed by atoms with Gasteiger partial charge in [0, 0.05) is 5.56 Å². The first-order chi connectivity index (χ1) is 17.5. The van der Waals surface area contributed by atoms with Crippen molar-refractivity contribution in [1.29, 1.82) is 0 Å². The molecule has 0 aromatic heterocycles. The average Bonchev–Trinajstić information content (AvgIpc) is 2.89. The molecule has 3 heteroatoms. The Morgan fingerprint density at radius 1 is 0.806 bits per heavy atom. The van der Waals surface area contributed by atoms with Crippen molar-refractivity contribution in [2.24, 2.45) is 23.7 Å². The lowest BCUT2D eigenvalue weighted by Gasteiger charge is -2.38. The van der Waals surface area contributed by atoms with Crippen molar-refractivity contribution >= 4 is 6.08 Å². The predicted molar refractivity (Wildman–Crippen MR) is 146 cm³/mol. The molecule has 0 radical (unpaired) electrons. The van der Waals surface area contributed by atoms with Crippen molar-refractivity contribution in [1.82, 2.24) is 0 Å². The van der Waals surface area contributed by atoms with E-state index in [1.54, 1.807) is 25.1 Å². The molecule has 0 amide bonds. The standard InChI is InChI=1S/C33H43F3/c1-3-5-23-9-15-26(16-10-23)27-17-11-24(12-18-27)7-8-25-13-19-28(20-14-25)30-22-21-29(6-4-2)31(32(30)34)33(35)36/h4,6,13-14,19-24,26-27,33H,3,5,7-12,15-18H2,1-2H3. The minimum atomic E-state index is -2.85. The van der Waals surface area contributed by atoms with Crippen LogP contribution in [0.5, 0.6) is 0 Å². The first-order valence-corrected chi connectivity index (χ1v) is 14.3. The molecule has 0 unspecified atom stereocenters. The second kappa shape index (κ2) is 13.0. The molecule has 0 bridgehead atoms. The van der Waals surface area contributed by atoms with Gasteiger partial charge in [0.2, 0.25) is 0 Å². The first kappa shape index (κ1) is 27.0. The predicted octanol–water partition coefficient (Wildman–Crippen LogP) is 10.8. The SMILES string of the molecule is CC=Cc1ccc(-c2ccc(CCC3CCC(C4CCC(CCC)CC4)CC3)cc2)c(F)c1C(F)F. The molecule has 0 aliphatic heterocycles. The van der Waals surface area contributed by atoms with Crippen LogP contribution in [0.2, 0.25) is 0 Å². The average molecular weight is 497 g/mol. The van der Waals surface area contributed by atoms with E-state index in [0.717, 1.165) is 30.1 Å². The number of alkyl halides is 2. The molecule has 36 heavy (non-hydrogen) atoms. The van der Waals surface area contributed by atoms with Crippen LogP contribution in [0.4, 0.5) is 13.2 Å². The molecule has 0 atom stereocenters. The maximum atomic E-state index is 15.0. The second-order valence-electron chi connectivity index (χ2n) is 11.3. The highest BCUT2D eigenvalue weighted by Crippen LogP contribution is 2.43. The van der Waals surface area contributed by atoms with E-state index in [4.69, 9.17) is 0 Å². The van der Waals surface area contributed by atoms with E-state index >= 15 is 0 Å². The van der Waals surface area contributed by atoms with Crippen molar-refractivity contribution in [2.75, 3.05) is 0 Å². The van der Waals surface area contributed by atoms with Crippen molar-refractivity contribution in [2.45, 2.75) is 97.3 Å². The van der Waals surface area contributed by atoms with Gasteiger partial charge in [-0.15, -0.1) is 0 Å². The number of aryl methyl sites for hydroxylation is 1. The fraction of sp³-hybridized carbons (Fsp3) is 0.576. The third-order valence-electron chi connectivity index (χ3n) is 9.03. The third-order valence-corrected chi connectivity index (χ3v) is 9.03. The van der Waals surface area contributed by atoms with Crippen LogP contribution in [0.15, 0.2) is 42.5 Å². The molecule has 0 saturated heterocycles. The summed E-state index contributed by atoms with van der Waals surface area (Å²) in [7, 11) is 0. The van der Waals surface area contributed by atoms with Gasteiger partial charge in [0.15, 0.2) is 0 Å². The normalized spacial score (nSPS) is 25.1. The molecule has 2 aliphatic rings. The van der Waals surface area contributed by atoms with Crippen LogP contribution < -0.4 is 0 Å². The van der Waals surface area contributed by atoms with Crippen LogP contribution in [-0.2, 0) is 6.42 Å². The maximum Gasteiger partial charge on any atom is 0.267 e. The monoisotopic (exact) mass is 496 g/mol. The fourth-order valence-electron chi connectivity index (χ4n) is 6.90. The smallest absolute Gasteiger partial charge is 0.206 e. The Kier molecular flexibility index (Phi) is 9.73. The van der Waals surface area contributed by atoms with E-state index in [1.807, 2.05) is 24.3 Å². The number of halogens is 3. The highest BCUT2D eigenvalue weighted by atomic mass is 19.3. The van der Waals surface area contributed by atoms with Crippen molar-refractivity contribution in [3.8, 4) is 11.1 Å². The van der Waals surface area contributed by atoms with Crippen LogP contribution in [0, 0.1) is 29.5 Å². The molecule has 2 saturated carbocycles. The number of hydrogen-bond donors (Lipinski definition) is 0. The zero-order valence-electron chi connectivity index (χ0n) is 22.1. The molecule has 2 fully saturated rings. The maximum absolute atomic E-state index is 15.0. The molecule has 2 aromatic rings. The van der Waals surface area contributed by atoms with E-state index < -0.39 is 17.8 Å². The second-order valence-corrected chi connectivity index (χ2v) is 11.3. The summed E-state index contributed by atoms with van der Waals surface area (Å²) in [6.45, 7) is 4.06. The number of allylic oxidation sites excluding steroid dienone is 1. The summed E-state index contributed by atoms with van der Waals surface area (Å²) < 4.78 is 42.1. The largest absolute Gasteiger partial charge is 0.267 e. The lowest BCUT2D eigenvalue weighted by molar-refractivity contribution is 0.141. The molecular weight excluding hydrogens is 453 g/mol. The highest BCUT2D eigenvalue weighted by Gasteiger charge is 2.30. The highest BCUT2D eigenvalue weighted by molar-refractivity contribution is 5.69. The summed E-state index contributed by atoms with van der Waals surface area (Å²) in [4.78, 5) is 0. The first-order valence-electron chi connectivity index (χ1n) is 14.3. The molecule has 196 valence electrons. The Bertz CT molecular complexity index is 975. The minimum absolute atomic E-state index is 0.240. The van der Waals surface area contributed by atoms with E-state index in [2.05, 4.69) is 6.92 Å². The summed E-state index contributed by atoms with van der Waals surface area (Å²) in [6.07, 6.45) is 16.7. The molecule has 0 N–H and O–H groups in total. The van der Waals surface area contributed by atoms with E-state index in [9.17, 15) is 13.2 Å². The zero-order valence-corrected chi connectivity index (χ0v) is 22.1. The van der Waals surface area contributed by atoms with Gasteiger partial charge in [0.25, 0.3) is 6.43 Å². The molecule has 4 rings (SSSR count). The van der Waals surface area contributed by atoms with Gasteiger partial charge in [-0.3, -0.25) is 0 Å². The topological polar surface area (TPSA) is 0 Å². The van der Waals surface area contributed by atoms with Gasteiger partial charge >= 0.3 is 0 Å². The van der Waals surface area contributed by atoms with Crippen molar-refractivity contribution in [3.05, 3.63) is 65.0 Å². The number of rotatable bonds is 9. The number of hydrogen-bond acceptors (Lipinski definition) is 0. The molecular formula is C33H43F3.